The van der Waals surface area contributed by atoms with Gasteiger partial charge in [-0.3, -0.25) is 0 Å². The average Bonchev–Trinajstić information content (AvgIpc) is 2.91. The molecule has 0 bridgehead atoms. The molecule has 3 aromatic carbocycles. The van der Waals surface area contributed by atoms with E-state index in [-0.39, 0.29) is 17.5 Å². The first kappa shape index (κ1) is 27.3. The fourth-order valence-corrected chi connectivity index (χ4v) is 7.06. The van der Waals surface area contributed by atoms with Crippen LogP contribution in [0.5, 0.6) is 17.2 Å². The quantitative estimate of drug-likeness (QED) is 0.342. The van der Waals surface area contributed by atoms with Gasteiger partial charge in [0.15, 0.2) is 11.5 Å². The molecule has 7 nitrogen and oxygen atoms in total. The topological polar surface area (TPSA) is 83.4 Å². The van der Waals surface area contributed by atoms with Gasteiger partial charge < -0.3 is 19.5 Å². The number of hydrogen-bond donors (Lipinski definition) is 2. The highest BCUT2D eigenvalue weighted by molar-refractivity contribution is 7.91. The van der Waals surface area contributed by atoms with E-state index >= 15 is 0 Å². The Labute approximate surface area is 225 Å². The lowest BCUT2D eigenvalue weighted by molar-refractivity contribution is -0.274. The molecule has 1 fully saturated rings. The maximum Gasteiger partial charge on any atom is 0.573 e. The molecule has 5 rings (SSSR count). The lowest BCUT2D eigenvalue weighted by Gasteiger charge is -2.45. The number of rotatable bonds is 7. The predicted octanol–water partition coefficient (Wildman–Crippen LogP) is 6.55. The van der Waals surface area contributed by atoms with Crippen LogP contribution in [0.25, 0.3) is 0 Å². The van der Waals surface area contributed by atoms with Crippen LogP contribution >= 0.6 is 0 Å². The molecule has 11 heteroatoms. The molecule has 1 saturated carbocycles. The fraction of sp³-hybridized carbons (Fsp3) is 0.357. The maximum absolute atomic E-state index is 14.2. The molecule has 39 heavy (non-hydrogen) atoms. The van der Waals surface area contributed by atoms with Crippen molar-refractivity contribution >= 4 is 21.3 Å². The van der Waals surface area contributed by atoms with E-state index in [1.165, 1.54) is 12.1 Å². The van der Waals surface area contributed by atoms with Crippen LogP contribution in [-0.4, -0.2) is 40.4 Å². The van der Waals surface area contributed by atoms with Crippen molar-refractivity contribution in [2.45, 2.75) is 62.1 Å². The van der Waals surface area contributed by atoms with E-state index in [0.717, 1.165) is 29.9 Å². The molecule has 208 valence electrons. The molecule has 2 aliphatic rings. The van der Waals surface area contributed by atoms with Gasteiger partial charge in [-0.25, -0.2) is 13.3 Å². The van der Waals surface area contributed by atoms with Gasteiger partial charge in [0.25, 0.3) is 0 Å². The molecule has 1 heterocycles. The van der Waals surface area contributed by atoms with Gasteiger partial charge >= 0.3 is 6.36 Å². The second kappa shape index (κ2) is 11.1. The molecule has 0 aromatic heterocycles. The van der Waals surface area contributed by atoms with Gasteiger partial charge in [-0.15, -0.1) is 13.2 Å². The molecule has 0 amide bonds. The van der Waals surface area contributed by atoms with E-state index in [1.54, 1.807) is 0 Å². The minimum Gasteiger partial charge on any atom is -0.453 e. The lowest BCUT2D eigenvalue weighted by Crippen LogP contribution is -2.56. The molecular formula is C28H30F3N3O4S. The summed E-state index contributed by atoms with van der Waals surface area (Å²) in [7, 11) is -3.26. The fourth-order valence-electron chi connectivity index (χ4n) is 5.09. The summed E-state index contributed by atoms with van der Waals surface area (Å²) in [5.74, 6) is 0.952. The molecule has 2 N–H and O–H groups in total. The van der Waals surface area contributed by atoms with Crippen LogP contribution in [0.4, 0.5) is 24.5 Å². The van der Waals surface area contributed by atoms with Crippen LogP contribution in [0.15, 0.2) is 82.1 Å². The molecule has 0 saturated heterocycles. The second-order valence-corrected chi connectivity index (χ2v) is 11.5. The van der Waals surface area contributed by atoms with E-state index < -0.39 is 34.2 Å². The van der Waals surface area contributed by atoms with Gasteiger partial charge in [0, 0.05) is 12.6 Å². The Morgan fingerprint density at radius 1 is 1.03 bits per heavy atom. The first-order valence-electron chi connectivity index (χ1n) is 12.9. The molecule has 1 aliphatic heterocycles. The molecule has 4 atom stereocenters. The van der Waals surface area contributed by atoms with Gasteiger partial charge in [0.1, 0.15) is 15.7 Å². The molecule has 0 radical (unpaired) electrons. The van der Waals surface area contributed by atoms with Crippen molar-refractivity contribution in [1.29, 1.82) is 0 Å². The third-order valence-corrected chi connectivity index (χ3v) is 8.89. The Morgan fingerprint density at radius 3 is 2.23 bits per heavy atom. The summed E-state index contributed by atoms with van der Waals surface area (Å²) in [5, 5.41) is 11.7. The second-order valence-electron chi connectivity index (χ2n) is 9.52. The van der Waals surface area contributed by atoms with E-state index in [2.05, 4.69) is 18.7 Å². The summed E-state index contributed by atoms with van der Waals surface area (Å²) in [6.45, 7) is 2.17. The normalized spacial score (nSPS) is 22.2. The average molecular weight is 562 g/mol. The van der Waals surface area contributed by atoms with E-state index in [9.17, 15) is 22.5 Å². The van der Waals surface area contributed by atoms with Gasteiger partial charge in [-0.05, 0) is 74.2 Å². The van der Waals surface area contributed by atoms with Crippen molar-refractivity contribution < 1.29 is 32.0 Å². The summed E-state index contributed by atoms with van der Waals surface area (Å²) >= 11 is 0. The largest absolute Gasteiger partial charge is 0.573 e. The Bertz CT molecular complexity index is 1380. The Morgan fingerprint density at radius 2 is 1.64 bits per heavy atom. The van der Waals surface area contributed by atoms with Gasteiger partial charge in [0.2, 0.25) is 0 Å². The third kappa shape index (κ3) is 5.85. The van der Waals surface area contributed by atoms with Crippen LogP contribution in [0.1, 0.15) is 32.6 Å². The monoisotopic (exact) mass is 561 g/mol. The molecule has 1 unspecified atom stereocenters. The van der Waals surface area contributed by atoms with Crippen molar-refractivity contribution in [3.05, 3.63) is 72.8 Å². The predicted molar refractivity (Wildman–Crippen MR) is 143 cm³/mol. The number of hydrogen-bond acceptors (Lipinski definition) is 6. The summed E-state index contributed by atoms with van der Waals surface area (Å²) in [5.41, 5.74) is 1.66. The summed E-state index contributed by atoms with van der Waals surface area (Å²) < 4.78 is 69.6. The zero-order valence-corrected chi connectivity index (χ0v) is 22.1. The Balaban J connectivity index is 1.45. The smallest absolute Gasteiger partial charge is 0.453 e. The Hall–Kier alpha value is -3.28. The maximum atomic E-state index is 14.2. The van der Waals surface area contributed by atoms with Crippen LogP contribution < -0.4 is 19.1 Å². The number of halogens is 3. The van der Waals surface area contributed by atoms with Crippen LogP contribution in [0.3, 0.4) is 0 Å². The number of nitrogens with one attached hydrogen (secondary N) is 1. The standard InChI is InChI=1S/C28H30F3N3O4S/c1-2-18-32-39(36,20-16-14-19(15-17-20)38-28(29,30)31)33-21-8-7-11-24(27(21)35)34-22-9-3-5-12-25(22)37-26-13-6-4-10-23(26)34/h3-6,9-10,12-17,21,24,27,35H,2,7-8,11,18H2,1H3,(H,32,33,36)/t21-,24+,27-,39?/m1/s1. The van der Waals surface area contributed by atoms with Crippen molar-refractivity contribution in [2.75, 3.05) is 11.4 Å². The van der Waals surface area contributed by atoms with Crippen molar-refractivity contribution in [2.24, 2.45) is 4.36 Å². The molecule has 1 aliphatic carbocycles. The van der Waals surface area contributed by atoms with Gasteiger partial charge in [0.05, 0.1) is 28.4 Å². The lowest BCUT2D eigenvalue weighted by atomic mass is 9.86. The summed E-state index contributed by atoms with van der Waals surface area (Å²) in [6, 6.07) is 19.2. The third-order valence-electron chi connectivity index (χ3n) is 6.81. The van der Waals surface area contributed by atoms with E-state index in [0.29, 0.717) is 30.8 Å². The van der Waals surface area contributed by atoms with Gasteiger partial charge in [-0.1, -0.05) is 31.2 Å². The highest BCUT2D eigenvalue weighted by Gasteiger charge is 2.41. The van der Waals surface area contributed by atoms with Crippen LogP contribution in [-0.2, 0) is 9.92 Å². The number of aliphatic hydroxyl groups excluding tert-OH is 1. The highest BCUT2D eigenvalue weighted by Crippen LogP contribution is 2.49. The van der Waals surface area contributed by atoms with E-state index in [4.69, 9.17) is 4.74 Å². The zero-order chi connectivity index (χ0) is 27.6. The number of para-hydroxylation sites is 4. The zero-order valence-electron chi connectivity index (χ0n) is 21.3. The number of anilines is 2. The molecule has 3 aromatic rings. The SMILES string of the molecule is CCCN=S(=O)(N[C@@H]1CCC[C@H](N2c3ccccc3Oc3ccccc32)[C@@H]1O)c1ccc(OC(F)(F)F)cc1. The number of aliphatic hydroxyl groups is 1. The number of benzene rings is 3. The number of nitrogens with zero attached hydrogens (tertiary/aromatic N) is 2. The highest BCUT2D eigenvalue weighted by atomic mass is 32.2. The van der Waals surface area contributed by atoms with Crippen molar-refractivity contribution in [1.82, 2.24) is 4.72 Å². The first-order chi connectivity index (χ1) is 18.7. The molecule has 0 spiro atoms. The summed E-state index contributed by atoms with van der Waals surface area (Å²) in [4.78, 5) is 2.31. The number of ether oxygens (including phenoxy) is 2. The van der Waals surface area contributed by atoms with Crippen molar-refractivity contribution in [3.8, 4) is 17.2 Å². The van der Waals surface area contributed by atoms with Crippen LogP contribution in [0.2, 0.25) is 0 Å². The number of fused-ring (bicyclic) bond motifs is 2. The minimum absolute atomic E-state index is 0.224. The Kier molecular flexibility index (Phi) is 7.75. The van der Waals surface area contributed by atoms with E-state index in [1.807, 2.05) is 55.5 Å². The van der Waals surface area contributed by atoms with Gasteiger partial charge in [-0.2, -0.15) is 0 Å². The van der Waals surface area contributed by atoms with Crippen molar-refractivity contribution in [3.63, 3.8) is 0 Å². The summed E-state index contributed by atoms with van der Waals surface area (Å²) in [6.07, 6.45) is -3.12. The first-order valence-corrected chi connectivity index (χ1v) is 14.4. The minimum atomic E-state index is -4.83. The molecular weight excluding hydrogens is 531 g/mol. The van der Waals surface area contributed by atoms with Crippen LogP contribution in [0, 0.1) is 0 Å². The number of alkyl halides is 3.